The number of carbonyl (C=O) groups excluding carboxylic acids is 1. The zero-order chi connectivity index (χ0) is 16.7. The molecule has 23 heavy (non-hydrogen) atoms. The zero-order valence-electron chi connectivity index (χ0n) is 14.0. The summed E-state index contributed by atoms with van der Waals surface area (Å²) in [6, 6.07) is 15.3. The molecule has 2 rings (SSSR count). The summed E-state index contributed by atoms with van der Waals surface area (Å²) in [5.74, 6) is 0.849. The summed E-state index contributed by atoms with van der Waals surface area (Å²) in [6.07, 6.45) is 0.768. The van der Waals surface area contributed by atoms with Crippen LogP contribution in [0.4, 0.5) is 5.69 Å². The summed E-state index contributed by atoms with van der Waals surface area (Å²) >= 11 is 0. The average Bonchev–Trinajstić information content (AvgIpc) is 2.56. The Labute approximate surface area is 138 Å². The van der Waals surface area contributed by atoms with Gasteiger partial charge in [0, 0.05) is 37.5 Å². The number of nitrogens with one attached hydrogen (secondary N) is 1. The maximum absolute atomic E-state index is 11.9. The van der Waals surface area contributed by atoms with Crippen LogP contribution in [0.1, 0.15) is 22.3 Å². The van der Waals surface area contributed by atoms with Crippen molar-refractivity contribution in [3.63, 3.8) is 0 Å². The van der Waals surface area contributed by atoms with Crippen LogP contribution in [0.3, 0.4) is 0 Å². The Kier molecular flexibility index (Phi) is 6.03. The highest BCUT2D eigenvalue weighted by molar-refractivity contribution is 5.94. The molecule has 0 unspecified atom stereocenters. The Hall–Kier alpha value is -2.49. The van der Waals surface area contributed by atoms with Gasteiger partial charge in [-0.05, 0) is 37.6 Å². The molecule has 0 atom stereocenters. The summed E-state index contributed by atoms with van der Waals surface area (Å²) in [6.45, 7) is 3.23. The van der Waals surface area contributed by atoms with Crippen molar-refractivity contribution in [2.75, 3.05) is 32.1 Å². The van der Waals surface area contributed by atoms with E-state index >= 15 is 0 Å². The summed E-state index contributed by atoms with van der Waals surface area (Å²) in [4.78, 5) is 14.0. The van der Waals surface area contributed by atoms with Gasteiger partial charge in [0.2, 0.25) is 0 Å². The van der Waals surface area contributed by atoms with Crippen LogP contribution in [-0.2, 0) is 0 Å². The van der Waals surface area contributed by atoms with Gasteiger partial charge in [-0.15, -0.1) is 0 Å². The molecule has 0 saturated carbocycles. The van der Waals surface area contributed by atoms with Gasteiger partial charge in [0.05, 0.1) is 6.61 Å². The second-order valence-electron chi connectivity index (χ2n) is 5.62. The lowest BCUT2D eigenvalue weighted by molar-refractivity contribution is 0.0951. The number of carbonyl (C=O) groups is 1. The fraction of sp³-hybridized carbons (Fsp3) is 0.316. The van der Waals surface area contributed by atoms with E-state index in [-0.39, 0.29) is 5.91 Å². The van der Waals surface area contributed by atoms with Gasteiger partial charge >= 0.3 is 0 Å². The van der Waals surface area contributed by atoms with Crippen molar-refractivity contribution in [2.45, 2.75) is 13.3 Å². The van der Waals surface area contributed by atoms with E-state index in [1.165, 1.54) is 0 Å². The van der Waals surface area contributed by atoms with Crippen molar-refractivity contribution in [1.29, 1.82) is 0 Å². The minimum atomic E-state index is -0.0450. The molecule has 2 aromatic rings. The monoisotopic (exact) mass is 312 g/mol. The lowest BCUT2D eigenvalue weighted by Crippen LogP contribution is -2.25. The number of ether oxygens (including phenoxy) is 1. The van der Waals surface area contributed by atoms with E-state index in [1.54, 1.807) is 0 Å². The Bertz CT molecular complexity index is 639. The van der Waals surface area contributed by atoms with Crippen LogP contribution in [-0.4, -0.2) is 33.2 Å². The molecule has 0 aliphatic heterocycles. The van der Waals surface area contributed by atoms with Crippen LogP contribution < -0.4 is 15.0 Å². The van der Waals surface area contributed by atoms with E-state index in [0.717, 1.165) is 23.4 Å². The van der Waals surface area contributed by atoms with Gasteiger partial charge in [0.25, 0.3) is 5.91 Å². The molecule has 0 aliphatic carbocycles. The molecule has 122 valence electrons. The van der Waals surface area contributed by atoms with E-state index in [1.807, 2.05) is 56.6 Å². The van der Waals surface area contributed by atoms with Gasteiger partial charge in [0.1, 0.15) is 5.75 Å². The topological polar surface area (TPSA) is 41.6 Å². The Morgan fingerprint density at radius 2 is 1.83 bits per heavy atom. The van der Waals surface area contributed by atoms with Crippen LogP contribution in [0.15, 0.2) is 48.5 Å². The molecule has 0 bridgehead atoms. The zero-order valence-corrected chi connectivity index (χ0v) is 14.0. The molecule has 0 aliphatic rings. The fourth-order valence-corrected chi connectivity index (χ4v) is 2.39. The SMILES string of the molecule is Cc1c(OCCCNC(=O)c2ccccc2)cccc1N(C)C. The lowest BCUT2D eigenvalue weighted by Gasteiger charge is -2.18. The van der Waals surface area contributed by atoms with Crippen molar-refractivity contribution in [3.05, 3.63) is 59.7 Å². The molecular weight excluding hydrogens is 288 g/mol. The summed E-state index contributed by atoms with van der Waals surface area (Å²) < 4.78 is 5.84. The molecule has 0 heterocycles. The number of amides is 1. The van der Waals surface area contributed by atoms with Gasteiger partial charge in [-0.1, -0.05) is 24.3 Å². The third-order valence-corrected chi connectivity index (χ3v) is 3.64. The molecule has 2 aromatic carbocycles. The standard InChI is InChI=1S/C19H24N2O2/c1-15-17(21(2)3)11-7-12-18(15)23-14-8-13-20-19(22)16-9-5-4-6-10-16/h4-7,9-12H,8,13-14H2,1-3H3,(H,20,22). The third-order valence-electron chi connectivity index (χ3n) is 3.64. The third kappa shape index (κ3) is 4.74. The number of hydrogen-bond acceptors (Lipinski definition) is 3. The second kappa shape index (κ2) is 8.22. The highest BCUT2D eigenvalue weighted by Gasteiger charge is 2.07. The number of anilines is 1. The number of nitrogens with zero attached hydrogens (tertiary/aromatic N) is 1. The van der Waals surface area contributed by atoms with Gasteiger partial charge in [0.15, 0.2) is 0 Å². The number of hydrogen-bond donors (Lipinski definition) is 1. The molecule has 4 heteroatoms. The minimum absolute atomic E-state index is 0.0450. The van der Waals surface area contributed by atoms with E-state index in [4.69, 9.17) is 4.74 Å². The molecular formula is C19H24N2O2. The van der Waals surface area contributed by atoms with E-state index in [2.05, 4.69) is 23.2 Å². The van der Waals surface area contributed by atoms with Crippen LogP contribution in [0, 0.1) is 6.92 Å². The normalized spacial score (nSPS) is 10.2. The van der Waals surface area contributed by atoms with Crippen LogP contribution >= 0.6 is 0 Å². The van der Waals surface area contributed by atoms with Crippen molar-refractivity contribution in [1.82, 2.24) is 5.32 Å². The maximum atomic E-state index is 11.9. The van der Waals surface area contributed by atoms with Crippen molar-refractivity contribution >= 4 is 11.6 Å². The molecule has 0 fully saturated rings. The number of benzene rings is 2. The second-order valence-corrected chi connectivity index (χ2v) is 5.62. The highest BCUT2D eigenvalue weighted by Crippen LogP contribution is 2.27. The van der Waals surface area contributed by atoms with Crippen molar-refractivity contribution in [3.8, 4) is 5.75 Å². The Morgan fingerprint density at radius 3 is 2.52 bits per heavy atom. The predicted octanol–water partition coefficient (Wildman–Crippen LogP) is 3.26. The van der Waals surface area contributed by atoms with Gasteiger partial charge in [-0.25, -0.2) is 0 Å². The van der Waals surface area contributed by atoms with E-state index < -0.39 is 0 Å². The molecule has 0 saturated heterocycles. The van der Waals surface area contributed by atoms with Crippen molar-refractivity contribution in [2.24, 2.45) is 0 Å². The smallest absolute Gasteiger partial charge is 0.251 e. The first-order valence-corrected chi connectivity index (χ1v) is 7.82. The Balaban J connectivity index is 1.76. The van der Waals surface area contributed by atoms with Crippen LogP contribution in [0.25, 0.3) is 0 Å². The largest absolute Gasteiger partial charge is 0.493 e. The van der Waals surface area contributed by atoms with Crippen molar-refractivity contribution < 1.29 is 9.53 Å². The first-order chi connectivity index (χ1) is 11.1. The molecule has 0 aromatic heterocycles. The average molecular weight is 312 g/mol. The summed E-state index contributed by atoms with van der Waals surface area (Å²) in [5, 5.41) is 2.90. The van der Waals surface area contributed by atoms with Gasteiger partial charge in [-0.3, -0.25) is 4.79 Å². The summed E-state index contributed by atoms with van der Waals surface area (Å²) in [7, 11) is 4.04. The number of rotatable bonds is 7. The maximum Gasteiger partial charge on any atom is 0.251 e. The minimum Gasteiger partial charge on any atom is -0.493 e. The molecule has 0 radical (unpaired) electrons. The molecule has 1 N–H and O–H groups in total. The van der Waals surface area contributed by atoms with Gasteiger partial charge < -0.3 is 15.0 Å². The van der Waals surface area contributed by atoms with Gasteiger partial charge in [-0.2, -0.15) is 0 Å². The molecule has 1 amide bonds. The molecule has 0 spiro atoms. The van der Waals surface area contributed by atoms with E-state index in [9.17, 15) is 4.79 Å². The quantitative estimate of drug-likeness (QED) is 0.798. The fourth-order valence-electron chi connectivity index (χ4n) is 2.39. The highest BCUT2D eigenvalue weighted by atomic mass is 16.5. The summed E-state index contributed by atoms with van der Waals surface area (Å²) in [5.41, 5.74) is 2.97. The van der Waals surface area contributed by atoms with Crippen LogP contribution in [0.2, 0.25) is 0 Å². The van der Waals surface area contributed by atoms with E-state index in [0.29, 0.717) is 18.7 Å². The van der Waals surface area contributed by atoms with Crippen LogP contribution in [0.5, 0.6) is 5.75 Å². The Morgan fingerprint density at radius 1 is 1.09 bits per heavy atom. The predicted molar refractivity (Wildman–Crippen MR) is 94.4 cm³/mol. The first-order valence-electron chi connectivity index (χ1n) is 7.82. The first kappa shape index (κ1) is 16.9. The molecule has 4 nitrogen and oxygen atoms in total. The lowest BCUT2D eigenvalue weighted by atomic mass is 10.1.